The number of pyridine rings is 1. The molecule has 1 aliphatic heterocycles. The Kier molecular flexibility index (Phi) is 5.25. The lowest BCUT2D eigenvalue weighted by Gasteiger charge is -2.35. The van der Waals surface area contributed by atoms with Crippen molar-refractivity contribution in [2.24, 2.45) is 0 Å². The fourth-order valence-corrected chi connectivity index (χ4v) is 4.93. The van der Waals surface area contributed by atoms with Gasteiger partial charge in [-0.15, -0.1) is 0 Å². The highest BCUT2D eigenvalue weighted by Gasteiger charge is 2.28. The Balaban J connectivity index is 1.42. The number of rotatable bonds is 4. The molecule has 162 valence electrons. The highest BCUT2D eigenvalue weighted by Crippen LogP contribution is 2.32. The second-order valence-electron chi connectivity index (χ2n) is 8.54. The number of hydrogen-bond acceptors (Lipinski definition) is 2. The van der Waals surface area contributed by atoms with Gasteiger partial charge in [0.2, 0.25) is 5.91 Å². The van der Waals surface area contributed by atoms with Crippen molar-refractivity contribution in [3.05, 3.63) is 88.3 Å². The van der Waals surface area contributed by atoms with Crippen molar-refractivity contribution in [1.82, 2.24) is 4.57 Å². The third-order valence-electron chi connectivity index (χ3n) is 6.49. The van der Waals surface area contributed by atoms with Crippen LogP contribution in [0.15, 0.2) is 71.5 Å². The molecule has 3 aromatic carbocycles. The van der Waals surface area contributed by atoms with Gasteiger partial charge in [0.15, 0.2) is 5.43 Å². The molecule has 1 aromatic heterocycles. The van der Waals surface area contributed by atoms with Gasteiger partial charge in [-0.2, -0.15) is 0 Å². The van der Waals surface area contributed by atoms with Crippen LogP contribution in [0, 0.1) is 5.82 Å². The number of carbonyl (C=O) groups is 1. The van der Waals surface area contributed by atoms with Gasteiger partial charge >= 0.3 is 0 Å². The molecule has 0 aliphatic carbocycles. The molecule has 0 bridgehead atoms. The Morgan fingerprint density at radius 3 is 2.34 bits per heavy atom. The van der Waals surface area contributed by atoms with E-state index >= 15 is 0 Å². The van der Waals surface area contributed by atoms with Crippen LogP contribution in [0.1, 0.15) is 31.7 Å². The molecule has 32 heavy (non-hydrogen) atoms. The Labute approximate surface area is 185 Å². The van der Waals surface area contributed by atoms with E-state index in [4.69, 9.17) is 0 Å². The number of aromatic nitrogens is 1. The summed E-state index contributed by atoms with van der Waals surface area (Å²) in [4.78, 5) is 27.9. The van der Waals surface area contributed by atoms with Crippen molar-refractivity contribution in [3.8, 4) is 0 Å². The number of nitrogens with zero attached hydrogens (tertiary/aromatic N) is 2. The molecule has 1 amide bonds. The number of anilines is 1. The molecule has 5 heteroatoms. The lowest BCUT2D eigenvalue weighted by Crippen LogP contribution is -2.42. The molecule has 2 heterocycles. The Hall–Kier alpha value is -3.47. The predicted octanol–water partition coefficient (Wildman–Crippen LogP) is 5.44. The van der Waals surface area contributed by atoms with Gasteiger partial charge in [-0.05, 0) is 74.2 Å². The Bertz CT molecular complexity index is 1330. The van der Waals surface area contributed by atoms with Crippen LogP contribution in [0.3, 0.4) is 0 Å². The summed E-state index contributed by atoms with van der Waals surface area (Å²) in [6.07, 6.45) is 2.65. The zero-order valence-electron chi connectivity index (χ0n) is 18.1. The number of fused-ring (bicyclic) bond motifs is 3. The first kappa shape index (κ1) is 20.4. The van der Waals surface area contributed by atoms with E-state index in [2.05, 4.69) is 4.57 Å². The number of benzene rings is 3. The highest BCUT2D eigenvalue weighted by molar-refractivity contribution is 5.95. The number of amides is 1. The van der Waals surface area contributed by atoms with Crippen molar-refractivity contribution < 1.29 is 9.18 Å². The maximum absolute atomic E-state index is 13.7. The second-order valence-corrected chi connectivity index (χ2v) is 8.54. The molecule has 4 aromatic rings. The van der Waals surface area contributed by atoms with Crippen LogP contribution in [0.5, 0.6) is 0 Å². The Morgan fingerprint density at radius 1 is 1.00 bits per heavy atom. The number of para-hydroxylation sites is 2. The summed E-state index contributed by atoms with van der Waals surface area (Å²) in [5, 5.41) is 1.39. The molecular weight excluding hydrogens is 403 g/mol. The van der Waals surface area contributed by atoms with Crippen LogP contribution in [0.2, 0.25) is 0 Å². The third kappa shape index (κ3) is 3.48. The fourth-order valence-electron chi connectivity index (χ4n) is 4.93. The fraction of sp³-hybridized carbons (Fsp3) is 0.259. The first-order chi connectivity index (χ1) is 15.5. The monoisotopic (exact) mass is 428 g/mol. The summed E-state index contributed by atoms with van der Waals surface area (Å²) in [6, 6.07) is 20.0. The predicted molar refractivity (Wildman–Crippen MR) is 127 cm³/mol. The van der Waals surface area contributed by atoms with Crippen LogP contribution in [-0.2, 0) is 17.8 Å². The molecule has 0 N–H and O–H groups in total. The van der Waals surface area contributed by atoms with E-state index < -0.39 is 0 Å². The molecule has 1 unspecified atom stereocenters. The minimum absolute atomic E-state index is 0.0366. The van der Waals surface area contributed by atoms with Crippen molar-refractivity contribution in [2.45, 2.75) is 45.2 Å². The minimum atomic E-state index is -0.261. The van der Waals surface area contributed by atoms with E-state index in [0.29, 0.717) is 30.2 Å². The van der Waals surface area contributed by atoms with Crippen LogP contribution in [0.4, 0.5) is 10.1 Å². The SMILES string of the molecule is CC1CCc2cc(F)ccc2N1C(=O)CCCn1c2ccccc2c(=O)c2ccccc21. The van der Waals surface area contributed by atoms with Gasteiger partial charge in [0.05, 0.1) is 11.0 Å². The summed E-state index contributed by atoms with van der Waals surface area (Å²) >= 11 is 0. The van der Waals surface area contributed by atoms with E-state index in [1.807, 2.05) is 60.4 Å². The van der Waals surface area contributed by atoms with E-state index in [-0.39, 0.29) is 23.2 Å². The molecule has 0 spiro atoms. The number of hydrogen-bond donors (Lipinski definition) is 0. The van der Waals surface area contributed by atoms with Gasteiger partial charge in [0.1, 0.15) is 5.82 Å². The van der Waals surface area contributed by atoms with Crippen LogP contribution in [-0.4, -0.2) is 16.5 Å². The molecule has 1 atom stereocenters. The number of carbonyl (C=O) groups excluding carboxylic acids is 1. The smallest absolute Gasteiger partial charge is 0.227 e. The van der Waals surface area contributed by atoms with Gasteiger partial charge in [0.25, 0.3) is 0 Å². The summed E-state index contributed by atoms with van der Waals surface area (Å²) < 4.78 is 15.8. The van der Waals surface area contributed by atoms with Crippen molar-refractivity contribution in [3.63, 3.8) is 0 Å². The molecule has 0 saturated heterocycles. The minimum Gasteiger partial charge on any atom is -0.340 e. The average molecular weight is 429 g/mol. The van der Waals surface area contributed by atoms with Crippen molar-refractivity contribution in [1.29, 1.82) is 0 Å². The van der Waals surface area contributed by atoms with Gasteiger partial charge in [0, 0.05) is 35.5 Å². The largest absolute Gasteiger partial charge is 0.340 e. The maximum atomic E-state index is 13.7. The molecule has 0 fully saturated rings. The summed E-state index contributed by atoms with van der Waals surface area (Å²) in [5.74, 6) is -0.206. The number of aryl methyl sites for hydroxylation is 2. The topological polar surface area (TPSA) is 42.3 Å². The lowest BCUT2D eigenvalue weighted by atomic mass is 9.96. The van der Waals surface area contributed by atoms with Gasteiger partial charge < -0.3 is 9.47 Å². The second kappa shape index (κ2) is 8.23. The van der Waals surface area contributed by atoms with E-state index in [1.54, 1.807) is 12.1 Å². The van der Waals surface area contributed by atoms with Crippen LogP contribution >= 0.6 is 0 Å². The van der Waals surface area contributed by atoms with Crippen molar-refractivity contribution in [2.75, 3.05) is 4.90 Å². The van der Waals surface area contributed by atoms with E-state index in [1.165, 1.54) is 6.07 Å². The van der Waals surface area contributed by atoms with Crippen LogP contribution < -0.4 is 10.3 Å². The first-order valence-corrected chi connectivity index (χ1v) is 11.2. The quantitative estimate of drug-likeness (QED) is 0.406. The van der Waals surface area contributed by atoms with E-state index in [0.717, 1.165) is 35.1 Å². The van der Waals surface area contributed by atoms with Gasteiger partial charge in [-0.3, -0.25) is 9.59 Å². The van der Waals surface area contributed by atoms with Gasteiger partial charge in [-0.1, -0.05) is 24.3 Å². The van der Waals surface area contributed by atoms with E-state index in [9.17, 15) is 14.0 Å². The summed E-state index contributed by atoms with van der Waals surface area (Å²) in [5.41, 5.74) is 3.53. The highest BCUT2D eigenvalue weighted by atomic mass is 19.1. The molecule has 1 aliphatic rings. The zero-order valence-corrected chi connectivity index (χ0v) is 18.1. The van der Waals surface area contributed by atoms with Crippen LogP contribution in [0.25, 0.3) is 21.8 Å². The summed E-state index contributed by atoms with van der Waals surface area (Å²) in [6.45, 7) is 2.68. The molecule has 5 rings (SSSR count). The molecule has 0 radical (unpaired) electrons. The third-order valence-corrected chi connectivity index (χ3v) is 6.49. The first-order valence-electron chi connectivity index (χ1n) is 11.2. The number of halogens is 1. The molecular formula is C27H25FN2O2. The van der Waals surface area contributed by atoms with Crippen molar-refractivity contribution >= 4 is 33.4 Å². The zero-order chi connectivity index (χ0) is 22.2. The maximum Gasteiger partial charge on any atom is 0.227 e. The lowest BCUT2D eigenvalue weighted by molar-refractivity contribution is -0.119. The van der Waals surface area contributed by atoms with Gasteiger partial charge in [-0.25, -0.2) is 4.39 Å². The summed E-state index contributed by atoms with van der Waals surface area (Å²) in [7, 11) is 0. The normalized spacial score (nSPS) is 15.8. The Morgan fingerprint density at radius 2 is 1.66 bits per heavy atom. The standard InChI is InChI=1S/C27H25FN2O2/c1-18-12-13-19-17-20(28)14-15-23(19)30(18)26(31)11-6-16-29-24-9-4-2-7-21(24)27(32)22-8-3-5-10-25(22)29/h2-5,7-10,14-15,17-18H,6,11-13,16H2,1H3. The molecule has 4 nitrogen and oxygen atoms in total. The molecule has 0 saturated carbocycles. The average Bonchev–Trinajstić information content (AvgIpc) is 2.81.